The van der Waals surface area contributed by atoms with Crippen molar-refractivity contribution in [2.24, 2.45) is 5.16 Å². The Morgan fingerprint density at radius 3 is 2.91 bits per heavy atom. The van der Waals surface area contributed by atoms with Crippen molar-refractivity contribution in [1.82, 2.24) is 15.2 Å². The van der Waals surface area contributed by atoms with Gasteiger partial charge in [0.25, 0.3) is 11.8 Å². The normalized spacial score (nSPS) is 19.5. The highest BCUT2D eigenvalue weighted by atomic mass is 32.2. The van der Waals surface area contributed by atoms with E-state index in [1.165, 1.54) is 22.0 Å². The number of terminal acetylenes is 1. The number of aromatic nitrogens is 2. The lowest BCUT2D eigenvalue weighted by Gasteiger charge is -2.49. The third-order valence-corrected chi connectivity index (χ3v) is 7.09. The van der Waals surface area contributed by atoms with Crippen LogP contribution in [-0.2, 0) is 25.8 Å². The van der Waals surface area contributed by atoms with Crippen LogP contribution in [0.4, 0.5) is 10.8 Å². The van der Waals surface area contributed by atoms with E-state index in [0.29, 0.717) is 17.0 Å². The van der Waals surface area contributed by atoms with Gasteiger partial charge in [0.05, 0.1) is 5.69 Å². The van der Waals surface area contributed by atoms with Gasteiger partial charge in [-0.2, -0.15) is 4.57 Å². The third kappa shape index (κ3) is 4.91. The van der Waals surface area contributed by atoms with Crippen molar-refractivity contribution in [3.63, 3.8) is 0 Å². The van der Waals surface area contributed by atoms with E-state index in [-0.39, 0.29) is 35.4 Å². The van der Waals surface area contributed by atoms with Gasteiger partial charge in [-0.3, -0.25) is 14.5 Å². The minimum absolute atomic E-state index is 0.0994. The predicted molar refractivity (Wildman–Crippen MR) is 129 cm³/mol. The van der Waals surface area contributed by atoms with Gasteiger partial charge in [0.15, 0.2) is 36.4 Å². The van der Waals surface area contributed by atoms with Crippen molar-refractivity contribution in [3.05, 3.63) is 46.9 Å². The summed E-state index contributed by atoms with van der Waals surface area (Å²) in [4.78, 5) is 48.2. The Labute approximate surface area is 207 Å². The van der Waals surface area contributed by atoms with Gasteiger partial charge < -0.3 is 26.7 Å². The van der Waals surface area contributed by atoms with Crippen LogP contribution in [0.25, 0.3) is 0 Å². The largest absolute Gasteiger partial charge is 0.477 e. The van der Waals surface area contributed by atoms with Crippen LogP contribution in [-0.4, -0.2) is 62.3 Å². The molecule has 2 aromatic rings. The standard InChI is InChI=1S/C21H19N7O5S2/c1-2-6-33-26-14(13-10-35-21(23)24-13)17(29)25-15-18(30)28-16(20(31)32)11(9-34-19(15)28)7-27-5-3-4-12(22)8-27/h1,3-5,8,10,15,19H,6-7,9,22H2,(H3-,23,24,25,29,31,32)/p+1/b26-14+/t15?,19-/m1/s1. The molecule has 180 valence electrons. The number of fused-ring (bicyclic) bond motifs is 1. The molecule has 0 saturated carbocycles. The van der Waals surface area contributed by atoms with E-state index >= 15 is 0 Å². The number of amides is 2. The number of nitrogens with one attached hydrogen (secondary N) is 1. The van der Waals surface area contributed by atoms with Gasteiger partial charge in [-0.1, -0.05) is 11.1 Å². The topological polar surface area (TPSA) is 177 Å². The molecule has 2 amide bonds. The van der Waals surface area contributed by atoms with E-state index in [9.17, 15) is 19.5 Å². The molecule has 4 heterocycles. The van der Waals surface area contributed by atoms with Crippen molar-refractivity contribution in [1.29, 1.82) is 0 Å². The van der Waals surface area contributed by atoms with E-state index in [2.05, 4.69) is 21.4 Å². The number of hydrogen-bond acceptors (Lipinski definition) is 10. The number of thioether (sulfide) groups is 1. The van der Waals surface area contributed by atoms with Crippen LogP contribution in [0.2, 0.25) is 0 Å². The predicted octanol–water partition coefficient (Wildman–Crippen LogP) is -0.612. The first-order valence-corrected chi connectivity index (χ1v) is 12.0. The minimum atomic E-state index is -1.23. The molecule has 6 N–H and O–H groups in total. The average molecular weight is 515 g/mol. The van der Waals surface area contributed by atoms with Crippen molar-refractivity contribution in [2.75, 3.05) is 23.8 Å². The first-order valence-electron chi connectivity index (χ1n) is 10.1. The number of oxime groups is 1. The number of anilines is 2. The van der Waals surface area contributed by atoms with Crippen molar-refractivity contribution in [2.45, 2.75) is 18.0 Å². The Bertz CT molecular complexity index is 1300. The maximum atomic E-state index is 13.0. The van der Waals surface area contributed by atoms with Gasteiger partial charge in [0, 0.05) is 22.8 Å². The molecule has 1 fully saturated rings. The Balaban J connectivity index is 1.53. The highest BCUT2D eigenvalue weighted by Crippen LogP contribution is 2.40. The van der Waals surface area contributed by atoms with Crippen LogP contribution in [0.1, 0.15) is 5.69 Å². The molecule has 2 atom stereocenters. The second-order valence-electron chi connectivity index (χ2n) is 7.42. The van der Waals surface area contributed by atoms with Crippen LogP contribution >= 0.6 is 23.1 Å². The summed E-state index contributed by atoms with van der Waals surface area (Å²) in [5.41, 5.74) is 12.4. The maximum absolute atomic E-state index is 13.0. The third-order valence-electron chi connectivity index (χ3n) is 5.07. The zero-order valence-corrected chi connectivity index (χ0v) is 19.7. The quantitative estimate of drug-likeness (QED) is 0.0893. The second-order valence-corrected chi connectivity index (χ2v) is 9.41. The van der Waals surface area contributed by atoms with E-state index in [1.807, 2.05) is 0 Å². The number of nitrogens with zero attached hydrogens (tertiary/aromatic N) is 4. The van der Waals surface area contributed by atoms with Crippen LogP contribution in [0.15, 0.2) is 46.3 Å². The van der Waals surface area contributed by atoms with Gasteiger partial charge in [-0.05, 0) is 6.07 Å². The van der Waals surface area contributed by atoms with Gasteiger partial charge in [0.1, 0.15) is 22.8 Å². The highest BCUT2D eigenvalue weighted by Gasteiger charge is 2.54. The molecule has 2 aromatic heterocycles. The zero-order valence-electron chi connectivity index (χ0n) is 18.1. The fraction of sp³-hybridized carbons (Fsp3) is 0.238. The van der Waals surface area contributed by atoms with E-state index < -0.39 is 29.2 Å². The molecule has 4 rings (SSSR count). The molecular formula is C21H20N7O5S2+. The Morgan fingerprint density at radius 2 is 2.26 bits per heavy atom. The molecule has 12 nitrogen and oxygen atoms in total. The van der Waals surface area contributed by atoms with Crippen molar-refractivity contribution >= 4 is 57.4 Å². The van der Waals surface area contributed by atoms with Crippen LogP contribution in [0.5, 0.6) is 0 Å². The minimum Gasteiger partial charge on any atom is -0.477 e. The lowest BCUT2D eigenvalue weighted by Crippen LogP contribution is -2.71. The summed E-state index contributed by atoms with van der Waals surface area (Å²) in [7, 11) is 0. The fourth-order valence-corrected chi connectivity index (χ4v) is 5.49. The summed E-state index contributed by atoms with van der Waals surface area (Å²) in [6.45, 7) is 0.0768. The van der Waals surface area contributed by atoms with Crippen LogP contribution in [0, 0.1) is 12.3 Å². The van der Waals surface area contributed by atoms with Gasteiger partial charge >= 0.3 is 5.97 Å². The zero-order chi connectivity index (χ0) is 25.1. The molecule has 0 aromatic carbocycles. The molecule has 0 spiro atoms. The summed E-state index contributed by atoms with van der Waals surface area (Å²) in [5, 5.41) is 17.3. The SMILES string of the molecule is C#CCO/N=C(/C(=O)NC1C(=O)N2C(C(=O)O)=C(C[n+]3cccc(N)c3)CS[C@H]12)c1csc(N)n1. The number of carboxylic acid groups (broad SMARTS) is 1. The average Bonchev–Trinajstić information content (AvgIpc) is 3.25. The summed E-state index contributed by atoms with van der Waals surface area (Å²) >= 11 is 2.45. The smallest absolute Gasteiger partial charge is 0.352 e. The number of rotatable bonds is 8. The van der Waals surface area contributed by atoms with Gasteiger partial charge in [0.2, 0.25) is 0 Å². The molecule has 1 unspecified atom stereocenters. The number of carboxylic acids is 1. The number of pyridine rings is 1. The molecule has 2 aliphatic heterocycles. The second kappa shape index (κ2) is 10.0. The van der Waals surface area contributed by atoms with Gasteiger partial charge in [-0.15, -0.1) is 29.5 Å². The van der Waals surface area contributed by atoms with Crippen LogP contribution in [0.3, 0.4) is 0 Å². The molecule has 35 heavy (non-hydrogen) atoms. The molecular weight excluding hydrogens is 494 g/mol. The number of thiazole rings is 1. The number of hydrogen-bond donors (Lipinski definition) is 4. The fourth-order valence-electron chi connectivity index (χ4n) is 3.61. The Kier molecular flexibility index (Phi) is 6.90. The number of nitrogen functional groups attached to an aromatic ring is 2. The highest BCUT2D eigenvalue weighted by molar-refractivity contribution is 8.00. The molecule has 0 radical (unpaired) electrons. The summed E-state index contributed by atoms with van der Waals surface area (Å²) in [6.07, 6.45) is 8.59. The number of carbonyl (C=O) groups is 3. The summed E-state index contributed by atoms with van der Waals surface area (Å²) in [6, 6.07) is 2.51. The number of aliphatic carboxylic acids is 1. The van der Waals surface area contributed by atoms with Gasteiger partial charge in [-0.25, -0.2) is 9.78 Å². The van der Waals surface area contributed by atoms with Crippen molar-refractivity contribution in [3.8, 4) is 12.3 Å². The molecule has 0 aliphatic carbocycles. The lowest BCUT2D eigenvalue weighted by atomic mass is 10.0. The van der Waals surface area contributed by atoms with Crippen LogP contribution < -0.4 is 21.4 Å². The summed E-state index contributed by atoms with van der Waals surface area (Å²) < 4.78 is 1.75. The number of β-lactam (4-membered cyclic amide) rings is 1. The Morgan fingerprint density at radius 1 is 1.46 bits per heavy atom. The first-order chi connectivity index (χ1) is 16.8. The molecule has 0 bridgehead atoms. The Hall–Kier alpha value is -4.09. The van der Waals surface area contributed by atoms with E-state index in [4.69, 9.17) is 22.7 Å². The van der Waals surface area contributed by atoms with Crippen molar-refractivity contribution < 1.29 is 28.9 Å². The lowest BCUT2D eigenvalue weighted by molar-refractivity contribution is -0.688. The number of nitrogens with two attached hydrogens (primary N) is 2. The van der Waals surface area contributed by atoms with E-state index in [0.717, 1.165) is 11.3 Å². The number of carbonyl (C=O) groups excluding carboxylic acids is 2. The molecule has 1 saturated heterocycles. The maximum Gasteiger partial charge on any atom is 0.352 e. The van der Waals surface area contributed by atoms with E-state index in [1.54, 1.807) is 29.1 Å². The molecule has 14 heteroatoms. The monoisotopic (exact) mass is 514 g/mol. The first kappa shape index (κ1) is 24.0. The molecule has 2 aliphatic rings. The summed E-state index contributed by atoms with van der Waals surface area (Å²) in [5.74, 6) is 0.0692.